The van der Waals surface area contributed by atoms with E-state index < -0.39 is 11.7 Å². The average Bonchev–Trinajstić information content (AvgIpc) is 2.42. The summed E-state index contributed by atoms with van der Waals surface area (Å²) in [5, 5.41) is 9.26. The van der Waals surface area contributed by atoms with E-state index in [1.165, 1.54) is 18.2 Å². The zero-order valence-corrected chi connectivity index (χ0v) is 12.3. The summed E-state index contributed by atoms with van der Waals surface area (Å²) in [4.78, 5) is 12.5. The van der Waals surface area contributed by atoms with Crippen LogP contribution in [0.1, 0.15) is 27.4 Å². The van der Waals surface area contributed by atoms with Gasteiger partial charge >= 0.3 is 0 Å². The van der Waals surface area contributed by atoms with Crippen LogP contribution < -0.4 is 0 Å². The molecule has 0 aromatic heterocycles. The normalized spacial score (nSPS) is 11.7. The van der Waals surface area contributed by atoms with Crippen LogP contribution in [0.15, 0.2) is 46.9 Å². The van der Waals surface area contributed by atoms with Crippen LogP contribution >= 0.6 is 15.9 Å². The first-order chi connectivity index (χ1) is 9.54. The molecule has 0 aliphatic carbocycles. The summed E-state index contributed by atoms with van der Waals surface area (Å²) in [6, 6.07) is 12.8. The number of halogens is 2. The number of benzene rings is 2. The molecule has 0 aliphatic rings. The number of hydrogen-bond acceptors (Lipinski definition) is 2. The molecule has 0 spiro atoms. The number of Topliss-reactive ketones (excluding diaryl/α,β-unsaturated/α-hetero) is 1. The molecule has 0 N–H and O–H groups in total. The van der Waals surface area contributed by atoms with Crippen LogP contribution in [-0.4, -0.2) is 5.78 Å². The number of carbonyl (C=O) groups is 1. The molecule has 0 aliphatic heterocycles. The molecule has 0 heterocycles. The lowest BCUT2D eigenvalue weighted by molar-refractivity contribution is 0.0978. The third kappa shape index (κ3) is 2.78. The number of hydrogen-bond donors (Lipinski definition) is 0. The van der Waals surface area contributed by atoms with Gasteiger partial charge in [-0.3, -0.25) is 4.79 Å². The van der Waals surface area contributed by atoms with E-state index in [0.717, 1.165) is 10.0 Å². The standard InChI is InChI=1S/C16H11BrFNO/c1-10-13(6-3-7-15(10)17)16(20)14(9-19)11-4-2-5-12(18)8-11/h2-8,14H,1H3. The Morgan fingerprint density at radius 3 is 2.65 bits per heavy atom. The predicted molar refractivity (Wildman–Crippen MR) is 78.0 cm³/mol. The molecular weight excluding hydrogens is 321 g/mol. The predicted octanol–water partition coefficient (Wildman–Crippen LogP) is 4.39. The fourth-order valence-electron chi connectivity index (χ4n) is 2.00. The van der Waals surface area contributed by atoms with Gasteiger partial charge in [0.2, 0.25) is 0 Å². The molecule has 0 saturated carbocycles. The van der Waals surface area contributed by atoms with Crippen LogP contribution in [-0.2, 0) is 0 Å². The van der Waals surface area contributed by atoms with E-state index in [2.05, 4.69) is 15.9 Å². The van der Waals surface area contributed by atoms with E-state index in [4.69, 9.17) is 0 Å². The van der Waals surface area contributed by atoms with Crippen molar-refractivity contribution in [3.05, 3.63) is 69.4 Å². The lowest BCUT2D eigenvalue weighted by Gasteiger charge is -2.11. The highest BCUT2D eigenvalue weighted by molar-refractivity contribution is 9.10. The van der Waals surface area contributed by atoms with Gasteiger partial charge in [-0.15, -0.1) is 0 Å². The van der Waals surface area contributed by atoms with Gasteiger partial charge in [0.05, 0.1) is 6.07 Å². The second kappa shape index (κ2) is 5.98. The number of nitriles is 1. The minimum atomic E-state index is -1.00. The van der Waals surface area contributed by atoms with Gasteiger partial charge in [-0.1, -0.05) is 40.2 Å². The Hall–Kier alpha value is -1.99. The Morgan fingerprint density at radius 2 is 2.00 bits per heavy atom. The molecule has 2 aromatic rings. The monoisotopic (exact) mass is 331 g/mol. The third-order valence-electron chi connectivity index (χ3n) is 3.11. The maximum absolute atomic E-state index is 13.2. The summed E-state index contributed by atoms with van der Waals surface area (Å²) < 4.78 is 14.0. The van der Waals surface area contributed by atoms with E-state index in [-0.39, 0.29) is 5.78 Å². The van der Waals surface area contributed by atoms with Gasteiger partial charge in [-0.25, -0.2) is 4.39 Å². The molecule has 2 nitrogen and oxygen atoms in total. The smallest absolute Gasteiger partial charge is 0.184 e. The molecule has 0 fully saturated rings. The second-order valence-corrected chi connectivity index (χ2v) is 5.25. The van der Waals surface area contributed by atoms with Crippen LogP contribution in [0.5, 0.6) is 0 Å². The summed E-state index contributed by atoms with van der Waals surface area (Å²) >= 11 is 3.36. The van der Waals surface area contributed by atoms with E-state index >= 15 is 0 Å². The van der Waals surface area contributed by atoms with Gasteiger partial charge in [0.1, 0.15) is 11.7 Å². The lowest BCUT2D eigenvalue weighted by Crippen LogP contribution is -2.13. The maximum atomic E-state index is 13.2. The Morgan fingerprint density at radius 1 is 1.30 bits per heavy atom. The van der Waals surface area contributed by atoms with Crippen LogP contribution in [0.2, 0.25) is 0 Å². The Kier molecular flexibility index (Phi) is 4.31. The topological polar surface area (TPSA) is 40.9 Å². The first kappa shape index (κ1) is 14.4. The molecule has 0 bridgehead atoms. The first-order valence-corrected chi connectivity index (χ1v) is 6.78. The van der Waals surface area contributed by atoms with Crippen molar-refractivity contribution in [2.24, 2.45) is 0 Å². The highest BCUT2D eigenvalue weighted by Gasteiger charge is 2.23. The Balaban J connectivity index is 2.45. The van der Waals surface area contributed by atoms with Crippen LogP contribution in [0.4, 0.5) is 4.39 Å². The molecule has 1 atom stereocenters. The van der Waals surface area contributed by atoms with Crippen molar-refractivity contribution in [2.75, 3.05) is 0 Å². The van der Waals surface area contributed by atoms with Crippen LogP contribution in [0.25, 0.3) is 0 Å². The number of carbonyl (C=O) groups excluding carboxylic acids is 1. The molecule has 20 heavy (non-hydrogen) atoms. The number of nitrogens with zero attached hydrogens (tertiary/aromatic N) is 1. The van der Waals surface area contributed by atoms with Gasteiger partial charge in [0.25, 0.3) is 0 Å². The fraction of sp³-hybridized carbons (Fsp3) is 0.125. The van der Waals surface area contributed by atoms with Crippen molar-refractivity contribution < 1.29 is 9.18 Å². The van der Waals surface area contributed by atoms with Gasteiger partial charge in [-0.2, -0.15) is 5.26 Å². The van der Waals surface area contributed by atoms with Gasteiger partial charge in [0, 0.05) is 10.0 Å². The minimum absolute atomic E-state index is 0.322. The molecule has 2 rings (SSSR count). The van der Waals surface area contributed by atoms with Crippen LogP contribution in [0, 0.1) is 24.1 Å². The largest absolute Gasteiger partial charge is 0.292 e. The van der Waals surface area contributed by atoms with Crippen molar-refractivity contribution in [3.8, 4) is 6.07 Å². The summed E-state index contributed by atoms with van der Waals surface area (Å²) in [7, 11) is 0. The summed E-state index contributed by atoms with van der Waals surface area (Å²) in [5.74, 6) is -1.78. The zero-order valence-electron chi connectivity index (χ0n) is 10.7. The zero-order chi connectivity index (χ0) is 14.7. The number of ketones is 1. The first-order valence-electron chi connectivity index (χ1n) is 5.99. The fourth-order valence-corrected chi connectivity index (χ4v) is 2.37. The molecule has 0 amide bonds. The minimum Gasteiger partial charge on any atom is -0.292 e. The molecule has 100 valence electrons. The van der Waals surface area contributed by atoms with Crippen molar-refractivity contribution in [3.63, 3.8) is 0 Å². The van der Waals surface area contributed by atoms with Crippen LogP contribution in [0.3, 0.4) is 0 Å². The maximum Gasteiger partial charge on any atom is 0.184 e. The van der Waals surface area contributed by atoms with E-state index in [1.54, 1.807) is 25.1 Å². The quantitative estimate of drug-likeness (QED) is 0.783. The highest BCUT2D eigenvalue weighted by atomic mass is 79.9. The lowest BCUT2D eigenvalue weighted by atomic mass is 9.90. The Labute approximate surface area is 125 Å². The highest BCUT2D eigenvalue weighted by Crippen LogP contribution is 2.26. The molecule has 0 saturated heterocycles. The van der Waals surface area contributed by atoms with Gasteiger partial charge in [0.15, 0.2) is 5.78 Å². The summed E-state index contributed by atoms with van der Waals surface area (Å²) in [6.07, 6.45) is 0. The Bertz CT molecular complexity index is 706. The van der Waals surface area contributed by atoms with Crippen molar-refractivity contribution in [1.29, 1.82) is 5.26 Å². The molecular formula is C16H11BrFNO. The summed E-state index contributed by atoms with van der Waals surface area (Å²) in [5.41, 5.74) is 1.61. The van der Waals surface area contributed by atoms with E-state index in [1.807, 2.05) is 12.1 Å². The number of rotatable bonds is 3. The van der Waals surface area contributed by atoms with Gasteiger partial charge in [-0.05, 0) is 36.2 Å². The molecule has 0 radical (unpaired) electrons. The average molecular weight is 332 g/mol. The molecule has 4 heteroatoms. The van der Waals surface area contributed by atoms with Crippen molar-refractivity contribution in [1.82, 2.24) is 0 Å². The third-order valence-corrected chi connectivity index (χ3v) is 3.97. The molecule has 2 aromatic carbocycles. The molecule has 1 unspecified atom stereocenters. The second-order valence-electron chi connectivity index (χ2n) is 4.39. The summed E-state index contributed by atoms with van der Waals surface area (Å²) in [6.45, 7) is 1.80. The SMILES string of the molecule is Cc1c(Br)cccc1C(=O)C(C#N)c1cccc(F)c1. The van der Waals surface area contributed by atoms with Crippen molar-refractivity contribution >= 4 is 21.7 Å². The van der Waals surface area contributed by atoms with Gasteiger partial charge < -0.3 is 0 Å². The van der Waals surface area contributed by atoms with E-state index in [0.29, 0.717) is 11.1 Å². The van der Waals surface area contributed by atoms with E-state index in [9.17, 15) is 14.4 Å². The van der Waals surface area contributed by atoms with Crippen molar-refractivity contribution in [2.45, 2.75) is 12.8 Å².